The standard InChI is InChI=1S/C20H23N3O5.CH3NO2/c1-10-15(21-7-11-5-4-6-28-11)18(26)14-12(9-24)20(27-3)19-13(22(19)2)8-23(20)16(14)17(10)25;2-1(3)4/h4-6,12-13,19,21,24H,7-9H2,1-3H3;2H2,(H,3,4). The van der Waals surface area contributed by atoms with Gasteiger partial charge in [0.2, 0.25) is 11.6 Å². The molecule has 5 atom stereocenters. The number of Topliss-reactive ketones (excluding diaryl/α,β-unsaturated/α-hetero) is 2. The number of amides is 1. The van der Waals surface area contributed by atoms with Crippen molar-refractivity contribution in [1.82, 2.24) is 15.1 Å². The predicted molar refractivity (Wildman–Crippen MR) is 110 cm³/mol. The van der Waals surface area contributed by atoms with E-state index in [1.807, 2.05) is 11.9 Å². The second kappa shape index (κ2) is 7.76. The number of methoxy groups -OCH3 is 1. The third kappa shape index (κ3) is 2.96. The molecular weight excluding hydrogens is 420 g/mol. The van der Waals surface area contributed by atoms with Gasteiger partial charge in [-0.15, -0.1) is 0 Å². The normalized spacial score (nSPS) is 32.3. The molecule has 0 spiro atoms. The zero-order chi connectivity index (χ0) is 23.4. The Balaban J connectivity index is 0.000000567. The number of piperazine rings is 1. The largest absolute Gasteiger partial charge is 0.467 e. The number of ether oxygens (including phenoxy) is 1. The first-order valence-electron chi connectivity index (χ1n) is 10.1. The lowest BCUT2D eigenvalue weighted by atomic mass is 9.82. The van der Waals surface area contributed by atoms with E-state index in [9.17, 15) is 14.7 Å². The van der Waals surface area contributed by atoms with E-state index < -0.39 is 17.7 Å². The monoisotopic (exact) mass is 446 g/mol. The van der Waals surface area contributed by atoms with Crippen molar-refractivity contribution in [2.75, 3.05) is 27.3 Å². The molecule has 5 N–H and O–H groups in total. The van der Waals surface area contributed by atoms with Crippen molar-refractivity contribution in [1.29, 1.82) is 0 Å². The van der Waals surface area contributed by atoms with Crippen molar-refractivity contribution in [2.24, 2.45) is 11.7 Å². The van der Waals surface area contributed by atoms with E-state index in [2.05, 4.69) is 16.0 Å². The highest BCUT2D eigenvalue weighted by Crippen LogP contribution is 2.58. The number of aliphatic hydroxyl groups excluding tert-OH is 1. The van der Waals surface area contributed by atoms with Crippen LogP contribution in [0.4, 0.5) is 4.79 Å². The smallest absolute Gasteiger partial charge is 0.402 e. The molecule has 2 saturated heterocycles. The Morgan fingerprint density at radius 2 is 2.09 bits per heavy atom. The van der Waals surface area contributed by atoms with Crippen LogP contribution in [0, 0.1) is 5.92 Å². The number of rotatable bonds is 5. The van der Waals surface area contributed by atoms with E-state index in [1.165, 1.54) is 0 Å². The first-order chi connectivity index (χ1) is 15.2. The quantitative estimate of drug-likeness (QED) is 0.347. The second-order valence-corrected chi connectivity index (χ2v) is 8.17. The molecule has 1 aliphatic carbocycles. The Morgan fingerprint density at radius 1 is 1.41 bits per heavy atom. The number of nitrogens with two attached hydrogens (primary N) is 1. The fourth-order valence-corrected chi connectivity index (χ4v) is 5.37. The Labute approximate surface area is 184 Å². The zero-order valence-corrected chi connectivity index (χ0v) is 18.0. The third-order valence-electron chi connectivity index (χ3n) is 6.76. The first kappa shape index (κ1) is 22.1. The molecule has 2 fully saturated rings. The lowest BCUT2D eigenvalue weighted by Gasteiger charge is -2.40. The molecular formula is C21H26N4O7. The van der Waals surface area contributed by atoms with Crippen LogP contribution in [0.25, 0.3) is 0 Å². The van der Waals surface area contributed by atoms with Crippen molar-refractivity contribution in [3.8, 4) is 0 Å². The van der Waals surface area contributed by atoms with Gasteiger partial charge in [0.15, 0.2) is 5.72 Å². The van der Waals surface area contributed by atoms with Crippen molar-refractivity contribution in [2.45, 2.75) is 31.3 Å². The van der Waals surface area contributed by atoms with E-state index in [1.54, 1.807) is 32.4 Å². The number of ketones is 2. The summed E-state index contributed by atoms with van der Waals surface area (Å²) < 4.78 is 11.3. The molecule has 5 rings (SSSR count). The van der Waals surface area contributed by atoms with Crippen molar-refractivity contribution < 1.29 is 33.8 Å². The summed E-state index contributed by atoms with van der Waals surface area (Å²) in [4.78, 5) is 39.6. The summed E-state index contributed by atoms with van der Waals surface area (Å²) in [6, 6.07) is 3.90. The molecule has 1 amide bonds. The third-order valence-corrected chi connectivity index (χ3v) is 6.76. The number of fused-ring (bicyclic) bond motifs is 4. The van der Waals surface area contributed by atoms with Gasteiger partial charge >= 0.3 is 6.09 Å². The van der Waals surface area contributed by atoms with Gasteiger partial charge in [-0.2, -0.15) is 0 Å². The summed E-state index contributed by atoms with van der Waals surface area (Å²) in [7, 11) is 3.59. The maximum Gasteiger partial charge on any atom is 0.402 e. The fraction of sp³-hybridized carbons (Fsp3) is 0.476. The Morgan fingerprint density at radius 3 is 2.66 bits per heavy atom. The van der Waals surface area contributed by atoms with E-state index in [4.69, 9.17) is 19.1 Å². The molecule has 1 aromatic heterocycles. The fourth-order valence-electron chi connectivity index (χ4n) is 5.37. The number of primary amides is 1. The number of carbonyl (C=O) groups is 3. The van der Waals surface area contributed by atoms with Gasteiger partial charge in [-0.25, -0.2) is 4.79 Å². The number of hydrogen-bond donors (Lipinski definition) is 4. The summed E-state index contributed by atoms with van der Waals surface area (Å²) in [5.41, 5.74) is 4.56. The van der Waals surface area contributed by atoms with Crippen LogP contribution >= 0.6 is 0 Å². The van der Waals surface area contributed by atoms with Crippen molar-refractivity contribution in [3.05, 3.63) is 46.7 Å². The van der Waals surface area contributed by atoms with Crippen LogP contribution in [0.2, 0.25) is 0 Å². The van der Waals surface area contributed by atoms with Gasteiger partial charge in [0, 0.05) is 30.8 Å². The number of likely N-dealkylation sites (N-methyl/N-ethyl adjacent to an activating group) is 1. The van der Waals surface area contributed by atoms with Gasteiger partial charge in [0.1, 0.15) is 5.76 Å². The number of nitrogens with zero attached hydrogens (tertiary/aromatic N) is 2. The minimum absolute atomic E-state index is 0.0562. The molecule has 172 valence electrons. The van der Waals surface area contributed by atoms with Crippen LogP contribution < -0.4 is 11.1 Å². The molecule has 4 aliphatic rings. The Kier molecular flexibility index (Phi) is 5.35. The van der Waals surface area contributed by atoms with Crippen molar-refractivity contribution in [3.63, 3.8) is 0 Å². The molecule has 4 heterocycles. The lowest BCUT2D eigenvalue weighted by molar-refractivity contribution is -0.144. The van der Waals surface area contributed by atoms with Gasteiger partial charge in [0.25, 0.3) is 0 Å². The molecule has 3 aliphatic heterocycles. The number of nitrogens with one attached hydrogen (secondary N) is 1. The molecule has 5 unspecified atom stereocenters. The van der Waals surface area contributed by atoms with Crippen LogP contribution in [-0.2, 0) is 20.9 Å². The van der Waals surface area contributed by atoms with E-state index >= 15 is 0 Å². The van der Waals surface area contributed by atoms with Crippen LogP contribution in [-0.4, -0.2) is 82.8 Å². The van der Waals surface area contributed by atoms with E-state index in [0.29, 0.717) is 35.7 Å². The highest BCUT2D eigenvalue weighted by atomic mass is 16.5. The molecule has 11 nitrogen and oxygen atoms in total. The number of carbonyl (C=O) groups excluding carboxylic acids is 2. The van der Waals surface area contributed by atoms with Gasteiger partial charge in [0.05, 0.1) is 42.8 Å². The number of aliphatic hydroxyl groups is 1. The number of hydrogen-bond acceptors (Lipinski definition) is 9. The van der Waals surface area contributed by atoms with Gasteiger partial charge in [-0.3, -0.25) is 14.5 Å². The predicted octanol–water partition coefficient (Wildman–Crippen LogP) is -0.365. The number of furan rings is 1. The summed E-state index contributed by atoms with van der Waals surface area (Å²) in [5, 5.41) is 20.5. The number of allylic oxidation sites excluding steroid dienone is 2. The zero-order valence-electron chi connectivity index (χ0n) is 18.0. The summed E-state index contributed by atoms with van der Waals surface area (Å²) in [6.07, 6.45) is 0.227. The van der Waals surface area contributed by atoms with Gasteiger partial charge in [-0.1, -0.05) is 0 Å². The average molecular weight is 446 g/mol. The summed E-state index contributed by atoms with van der Waals surface area (Å²) >= 11 is 0. The summed E-state index contributed by atoms with van der Waals surface area (Å²) in [5.74, 6) is -0.333. The molecule has 0 saturated carbocycles. The highest BCUT2D eigenvalue weighted by Gasteiger charge is 2.75. The second-order valence-electron chi connectivity index (χ2n) is 8.17. The minimum atomic E-state index is -1.33. The van der Waals surface area contributed by atoms with Crippen molar-refractivity contribution >= 4 is 17.7 Å². The van der Waals surface area contributed by atoms with E-state index in [-0.39, 0.29) is 36.0 Å². The topological polar surface area (TPSA) is 158 Å². The maximum absolute atomic E-state index is 13.4. The molecule has 32 heavy (non-hydrogen) atoms. The number of carboxylic acid groups (broad SMARTS) is 1. The van der Waals surface area contributed by atoms with Crippen LogP contribution in [0.5, 0.6) is 0 Å². The Bertz CT molecular complexity index is 1030. The van der Waals surface area contributed by atoms with Crippen LogP contribution in [0.15, 0.2) is 45.4 Å². The maximum atomic E-state index is 13.4. The minimum Gasteiger partial charge on any atom is -0.467 e. The SMILES string of the molecule is COC12C(CO)C3=C(C(=O)C(C)=C(NCc4ccco4)C3=O)N1CC1C2N1C.NC(=O)O. The molecule has 11 heteroatoms. The van der Waals surface area contributed by atoms with Crippen LogP contribution in [0.1, 0.15) is 12.7 Å². The molecule has 1 aromatic rings. The molecule has 0 radical (unpaired) electrons. The molecule has 0 bridgehead atoms. The average Bonchev–Trinajstić information content (AvgIpc) is 3.15. The highest BCUT2D eigenvalue weighted by molar-refractivity contribution is 6.25. The van der Waals surface area contributed by atoms with Gasteiger partial charge < -0.3 is 35.3 Å². The first-order valence-corrected chi connectivity index (χ1v) is 10.1. The van der Waals surface area contributed by atoms with Gasteiger partial charge in [-0.05, 0) is 26.1 Å². The van der Waals surface area contributed by atoms with E-state index in [0.717, 1.165) is 0 Å². The Hall–Kier alpha value is -3.15. The lowest BCUT2D eigenvalue weighted by Crippen LogP contribution is -2.55. The molecule has 0 aromatic carbocycles. The summed E-state index contributed by atoms with van der Waals surface area (Å²) in [6.45, 7) is 2.32. The van der Waals surface area contributed by atoms with Crippen LogP contribution in [0.3, 0.4) is 0 Å².